The zero-order valence-electron chi connectivity index (χ0n) is 11.9. The SMILES string of the molecule is CCOC(=O)Cc1c(C)[nH]n(-c2c(Cl)cc(Cl)cc2Cl)c1=O. The summed E-state index contributed by atoms with van der Waals surface area (Å²) in [5.41, 5.74) is 0.730. The van der Waals surface area contributed by atoms with Crippen molar-refractivity contribution in [1.82, 2.24) is 9.78 Å². The second kappa shape index (κ2) is 6.77. The largest absolute Gasteiger partial charge is 0.466 e. The summed E-state index contributed by atoms with van der Waals surface area (Å²) < 4.78 is 6.06. The van der Waals surface area contributed by atoms with Crippen LogP contribution in [0.5, 0.6) is 0 Å². The Balaban J connectivity index is 2.52. The van der Waals surface area contributed by atoms with Crippen molar-refractivity contribution < 1.29 is 9.53 Å². The van der Waals surface area contributed by atoms with E-state index in [0.717, 1.165) is 0 Å². The molecule has 0 unspecified atom stereocenters. The molecule has 8 heteroatoms. The van der Waals surface area contributed by atoms with Gasteiger partial charge in [-0.15, -0.1) is 0 Å². The average Bonchev–Trinajstić information content (AvgIpc) is 2.66. The van der Waals surface area contributed by atoms with E-state index in [1.165, 1.54) is 16.8 Å². The number of nitrogens with zero attached hydrogens (tertiary/aromatic N) is 1. The van der Waals surface area contributed by atoms with Crippen LogP contribution in [0, 0.1) is 6.92 Å². The Morgan fingerprint density at radius 2 is 1.86 bits per heavy atom. The molecule has 1 aromatic heterocycles. The molecule has 118 valence electrons. The number of nitrogens with one attached hydrogen (secondary N) is 1. The van der Waals surface area contributed by atoms with Gasteiger partial charge < -0.3 is 4.74 Å². The van der Waals surface area contributed by atoms with Crippen molar-refractivity contribution >= 4 is 40.8 Å². The van der Waals surface area contributed by atoms with Crippen LogP contribution in [0.2, 0.25) is 15.1 Å². The number of hydrogen-bond donors (Lipinski definition) is 1. The first-order chi connectivity index (χ1) is 10.3. The van der Waals surface area contributed by atoms with Crippen LogP contribution < -0.4 is 5.56 Å². The Bertz CT molecular complexity index is 757. The number of halogens is 3. The summed E-state index contributed by atoms with van der Waals surface area (Å²) in [6.07, 6.45) is -0.120. The lowest BCUT2D eigenvalue weighted by atomic mass is 10.2. The van der Waals surface area contributed by atoms with Gasteiger partial charge in [0.05, 0.1) is 28.6 Å². The van der Waals surface area contributed by atoms with E-state index in [1.54, 1.807) is 13.8 Å². The molecule has 5 nitrogen and oxygen atoms in total. The van der Waals surface area contributed by atoms with Gasteiger partial charge in [-0.3, -0.25) is 14.7 Å². The van der Waals surface area contributed by atoms with Gasteiger partial charge in [-0.05, 0) is 26.0 Å². The summed E-state index contributed by atoms with van der Waals surface area (Å²) in [5, 5.41) is 3.68. The molecule has 1 aromatic carbocycles. The molecule has 0 bridgehead atoms. The first kappa shape index (κ1) is 16.9. The van der Waals surface area contributed by atoms with Crippen molar-refractivity contribution in [3.63, 3.8) is 0 Å². The fourth-order valence-electron chi connectivity index (χ4n) is 2.05. The maximum Gasteiger partial charge on any atom is 0.310 e. The summed E-state index contributed by atoms with van der Waals surface area (Å²) >= 11 is 18.1. The van der Waals surface area contributed by atoms with Crippen LogP contribution in [-0.2, 0) is 16.0 Å². The third-order valence-corrected chi connectivity index (χ3v) is 3.82. The predicted octanol–water partition coefficient (Wildman–Crippen LogP) is 3.54. The third kappa shape index (κ3) is 3.32. The second-order valence-electron chi connectivity index (χ2n) is 4.56. The van der Waals surface area contributed by atoms with E-state index in [0.29, 0.717) is 16.3 Å². The number of carbonyl (C=O) groups is 1. The van der Waals surface area contributed by atoms with E-state index in [2.05, 4.69) is 5.10 Å². The van der Waals surface area contributed by atoms with E-state index in [9.17, 15) is 9.59 Å². The van der Waals surface area contributed by atoms with Crippen LogP contribution in [0.1, 0.15) is 18.2 Å². The molecular weight excluding hydrogens is 351 g/mol. The summed E-state index contributed by atoms with van der Waals surface area (Å²) in [6, 6.07) is 2.97. The lowest BCUT2D eigenvalue weighted by Gasteiger charge is -2.07. The highest BCUT2D eigenvalue weighted by atomic mass is 35.5. The Kier molecular flexibility index (Phi) is 5.21. The van der Waals surface area contributed by atoms with Crippen LogP contribution >= 0.6 is 34.8 Å². The number of carbonyl (C=O) groups excluding carboxylic acids is 1. The average molecular weight is 364 g/mol. The van der Waals surface area contributed by atoms with Crippen LogP contribution in [0.3, 0.4) is 0 Å². The van der Waals surface area contributed by atoms with E-state index in [-0.39, 0.29) is 28.8 Å². The fraction of sp³-hybridized carbons (Fsp3) is 0.286. The van der Waals surface area contributed by atoms with Crippen molar-refractivity contribution in [3.8, 4) is 5.69 Å². The van der Waals surface area contributed by atoms with E-state index in [4.69, 9.17) is 39.5 Å². The number of esters is 1. The number of H-pyrrole nitrogens is 1. The molecule has 0 saturated heterocycles. The lowest BCUT2D eigenvalue weighted by molar-refractivity contribution is -0.142. The molecule has 0 radical (unpaired) electrons. The maximum atomic E-state index is 12.5. The summed E-state index contributed by atoms with van der Waals surface area (Å²) in [6.45, 7) is 3.64. The molecule has 0 amide bonds. The zero-order valence-corrected chi connectivity index (χ0v) is 14.1. The summed E-state index contributed by atoms with van der Waals surface area (Å²) in [7, 11) is 0. The normalized spacial score (nSPS) is 10.8. The van der Waals surface area contributed by atoms with Gasteiger partial charge in [0.25, 0.3) is 5.56 Å². The minimum atomic E-state index is -0.470. The second-order valence-corrected chi connectivity index (χ2v) is 5.81. The van der Waals surface area contributed by atoms with Gasteiger partial charge in [-0.25, -0.2) is 4.68 Å². The van der Waals surface area contributed by atoms with Crippen LogP contribution in [0.25, 0.3) is 5.69 Å². The highest BCUT2D eigenvalue weighted by molar-refractivity contribution is 6.40. The molecule has 0 aliphatic rings. The molecule has 1 N–H and O–H groups in total. The first-order valence-corrected chi connectivity index (χ1v) is 7.59. The van der Waals surface area contributed by atoms with Gasteiger partial charge in [0.1, 0.15) is 5.69 Å². The highest BCUT2D eigenvalue weighted by Gasteiger charge is 2.19. The number of ether oxygens (including phenoxy) is 1. The van der Waals surface area contributed by atoms with Crippen molar-refractivity contribution in [2.45, 2.75) is 20.3 Å². The van der Waals surface area contributed by atoms with E-state index >= 15 is 0 Å². The van der Waals surface area contributed by atoms with Crippen LogP contribution in [-0.4, -0.2) is 22.4 Å². The van der Waals surface area contributed by atoms with Crippen LogP contribution in [0.4, 0.5) is 0 Å². The van der Waals surface area contributed by atoms with Gasteiger partial charge in [-0.1, -0.05) is 34.8 Å². The minimum Gasteiger partial charge on any atom is -0.466 e. The maximum absolute atomic E-state index is 12.5. The van der Waals surface area contributed by atoms with Gasteiger partial charge in [0.2, 0.25) is 0 Å². The lowest BCUT2D eigenvalue weighted by Crippen LogP contribution is -2.20. The molecule has 0 aliphatic heterocycles. The highest BCUT2D eigenvalue weighted by Crippen LogP contribution is 2.31. The Morgan fingerprint density at radius 1 is 1.27 bits per heavy atom. The Labute approximate surface area is 141 Å². The molecule has 2 rings (SSSR count). The van der Waals surface area contributed by atoms with Gasteiger partial charge in [0, 0.05) is 10.7 Å². The van der Waals surface area contributed by atoms with E-state index < -0.39 is 11.5 Å². The topological polar surface area (TPSA) is 64.1 Å². The van der Waals surface area contributed by atoms with Crippen molar-refractivity contribution in [1.29, 1.82) is 0 Å². The monoisotopic (exact) mass is 362 g/mol. The third-order valence-electron chi connectivity index (χ3n) is 3.03. The number of aryl methyl sites for hydroxylation is 1. The number of aromatic amines is 1. The molecule has 0 saturated carbocycles. The number of benzene rings is 1. The molecule has 2 aromatic rings. The number of hydrogen-bond acceptors (Lipinski definition) is 3. The predicted molar refractivity (Wildman–Crippen MR) is 86.5 cm³/mol. The standard InChI is InChI=1S/C14H13Cl3N2O3/c1-3-22-12(20)6-9-7(2)18-19(14(9)21)13-10(16)4-8(15)5-11(13)17/h4-5,18H,3,6H2,1-2H3. The smallest absolute Gasteiger partial charge is 0.310 e. The molecule has 0 spiro atoms. The Hall–Kier alpha value is -1.43. The van der Waals surface area contributed by atoms with Crippen molar-refractivity contribution in [2.75, 3.05) is 6.61 Å². The molecule has 1 heterocycles. The number of aromatic nitrogens is 2. The summed E-state index contributed by atoms with van der Waals surface area (Å²) in [5.74, 6) is -0.470. The van der Waals surface area contributed by atoms with Gasteiger partial charge in [0.15, 0.2) is 0 Å². The fourth-order valence-corrected chi connectivity index (χ4v) is 3.04. The number of rotatable bonds is 4. The molecular formula is C14H13Cl3N2O3. The van der Waals surface area contributed by atoms with E-state index in [1.807, 2.05) is 0 Å². The van der Waals surface area contributed by atoms with Crippen molar-refractivity contribution in [3.05, 3.63) is 48.8 Å². The first-order valence-electron chi connectivity index (χ1n) is 6.46. The summed E-state index contributed by atoms with van der Waals surface area (Å²) in [4.78, 5) is 24.1. The van der Waals surface area contributed by atoms with Crippen LogP contribution in [0.15, 0.2) is 16.9 Å². The van der Waals surface area contributed by atoms with Crippen molar-refractivity contribution in [2.24, 2.45) is 0 Å². The Morgan fingerprint density at radius 3 is 2.41 bits per heavy atom. The molecule has 0 atom stereocenters. The molecule has 0 fully saturated rings. The zero-order chi connectivity index (χ0) is 16.4. The molecule has 22 heavy (non-hydrogen) atoms. The molecule has 0 aliphatic carbocycles. The quantitative estimate of drug-likeness (QED) is 0.845. The van der Waals surface area contributed by atoms with Gasteiger partial charge >= 0.3 is 5.97 Å². The van der Waals surface area contributed by atoms with Gasteiger partial charge in [-0.2, -0.15) is 0 Å². The minimum absolute atomic E-state index is 0.120.